The van der Waals surface area contributed by atoms with Gasteiger partial charge in [0.2, 0.25) is 0 Å². The first kappa shape index (κ1) is 27.6. The summed E-state index contributed by atoms with van der Waals surface area (Å²) < 4.78 is 47.9. The van der Waals surface area contributed by atoms with Gasteiger partial charge in [-0.2, -0.15) is 13.2 Å². The molecule has 1 heterocycles. The van der Waals surface area contributed by atoms with Crippen LogP contribution in [0.2, 0.25) is 0 Å². The zero-order valence-electron chi connectivity index (χ0n) is 20.7. The van der Waals surface area contributed by atoms with Crippen molar-refractivity contribution in [2.75, 3.05) is 51.4 Å². The second-order valence-electron chi connectivity index (χ2n) is 8.80. The lowest BCUT2D eigenvalue weighted by Gasteiger charge is -2.22. The number of aliphatic hydroxyl groups excluding tert-OH is 1. The third-order valence-electron chi connectivity index (χ3n) is 5.91. The molecule has 7 nitrogen and oxygen atoms in total. The van der Waals surface area contributed by atoms with Gasteiger partial charge >= 0.3 is 6.18 Å². The van der Waals surface area contributed by atoms with Gasteiger partial charge in [0.05, 0.1) is 11.3 Å². The van der Waals surface area contributed by atoms with E-state index in [0.717, 1.165) is 29.8 Å². The molecule has 3 rings (SSSR count). The van der Waals surface area contributed by atoms with Crippen LogP contribution in [0.25, 0.3) is 0 Å². The van der Waals surface area contributed by atoms with Gasteiger partial charge in [-0.15, -0.1) is 0 Å². The third kappa shape index (κ3) is 7.76. The molecule has 0 spiro atoms. The summed E-state index contributed by atoms with van der Waals surface area (Å²) in [4.78, 5) is 14.8. The van der Waals surface area contributed by atoms with Crippen molar-refractivity contribution in [3.63, 3.8) is 0 Å². The lowest BCUT2D eigenvalue weighted by atomic mass is 9.98. The van der Waals surface area contributed by atoms with Gasteiger partial charge in [0, 0.05) is 39.3 Å². The molecule has 1 atom stereocenters. The van der Waals surface area contributed by atoms with Gasteiger partial charge in [-0.05, 0) is 55.5 Å². The van der Waals surface area contributed by atoms with Gasteiger partial charge in [-0.3, -0.25) is 4.79 Å². The van der Waals surface area contributed by atoms with E-state index in [1.165, 1.54) is 6.07 Å². The predicted molar refractivity (Wildman–Crippen MR) is 132 cm³/mol. The monoisotopic (exact) mass is 509 g/mol. The summed E-state index contributed by atoms with van der Waals surface area (Å²) in [6.07, 6.45) is -2.23. The fourth-order valence-corrected chi connectivity index (χ4v) is 4.34. The number of hydrogen-bond donors (Lipinski definition) is 3. The van der Waals surface area contributed by atoms with Crippen LogP contribution in [0, 0.1) is 0 Å². The number of hydrogen-bond acceptors (Lipinski definition) is 6. The Morgan fingerprint density at radius 2 is 1.92 bits per heavy atom. The molecule has 2 aromatic rings. The van der Waals surface area contributed by atoms with E-state index in [-0.39, 0.29) is 36.7 Å². The molecule has 198 valence electrons. The molecule has 3 N–H and O–H groups in total. The Balaban J connectivity index is 1.56. The first-order valence-corrected chi connectivity index (χ1v) is 12.1. The summed E-state index contributed by atoms with van der Waals surface area (Å²) in [5.41, 5.74) is 3.77. The standard InChI is InChI=1S/C26H34F3N3O4/c1-18(31-9-13-35-22-6-3-4-7-23(22)36-17-26(27,28)29)14-19-15-20-8-11-32(10-5-12-33)24(20)21(16-19)25(34)30-2/h3-4,6-7,15-16,18,31,33H,5,8-14,17H2,1-2H3,(H,30,34). The summed E-state index contributed by atoms with van der Waals surface area (Å²) in [7, 11) is 1.62. The molecule has 0 fully saturated rings. The van der Waals surface area contributed by atoms with Crippen molar-refractivity contribution in [2.24, 2.45) is 0 Å². The van der Waals surface area contributed by atoms with Gasteiger partial charge < -0.3 is 30.1 Å². The Morgan fingerprint density at radius 1 is 1.19 bits per heavy atom. The van der Waals surface area contributed by atoms with Crippen LogP contribution in [-0.2, 0) is 12.8 Å². The highest BCUT2D eigenvalue weighted by molar-refractivity contribution is 6.01. The summed E-state index contributed by atoms with van der Waals surface area (Å²) in [6.45, 7) is 3.03. The summed E-state index contributed by atoms with van der Waals surface area (Å²) in [6, 6.07) is 10.4. The largest absolute Gasteiger partial charge is 0.488 e. The highest BCUT2D eigenvalue weighted by Gasteiger charge is 2.29. The van der Waals surface area contributed by atoms with Gasteiger partial charge in [0.15, 0.2) is 18.1 Å². The molecule has 2 aromatic carbocycles. The van der Waals surface area contributed by atoms with E-state index in [0.29, 0.717) is 31.5 Å². The number of carbonyl (C=O) groups is 1. The molecule has 1 aliphatic rings. The minimum atomic E-state index is -4.42. The Morgan fingerprint density at radius 3 is 2.58 bits per heavy atom. The number of benzene rings is 2. The van der Waals surface area contributed by atoms with E-state index in [1.54, 1.807) is 25.2 Å². The van der Waals surface area contributed by atoms with Gasteiger partial charge in [-0.1, -0.05) is 18.2 Å². The van der Waals surface area contributed by atoms with Crippen LogP contribution >= 0.6 is 0 Å². The smallest absolute Gasteiger partial charge is 0.422 e. The minimum Gasteiger partial charge on any atom is -0.488 e. The van der Waals surface area contributed by atoms with Crippen molar-refractivity contribution in [1.29, 1.82) is 0 Å². The number of carbonyl (C=O) groups excluding carboxylic acids is 1. The number of para-hydroxylation sites is 2. The molecular formula is C26H34F3N3O4. The Labute approximate surface area is 209 Å². The fourth-order valence-electron chi connectivity index (χ4n) is 4.34. The van der Waals surface area contributed by atoms with Crippen molar-refractivity contribution in [1.82, 2.24) is 10.6 Å². The number of alkyl halides is 3. The molecule has 0 saturated carbocycles. The number of ether oxygens (including phenoxy) is 2. The van der Waals surface area contributed by atoms with E-state index >= 15 is 0 Å². The van der Waals surface area contributed by atoms with Crippen LogP contribution in [0.3, 0.4) is 0 Å². The molecule has 1 amide bonds. The molecule has 0 aliphatic carbocycles. The van der Waals surface area contributed by atoms with E-state index in [2.05, 4.69) is 21.6 Å². The molecule has 10 heteroatoms. The van der Waals surface area contributed by atoms with Crippen molar-refractivity contribution in [3.05, 3.63) is 53.1 Å². The van der Waals surface area contributed by atoms with Crippen molar-refractivity contribution >= 4 is 11.6 Å². The van der Waals surface area contributed by atoms with Crippen molar-refractivity contribution in [3.8, 4) is 11.5 Å². The average Bonchev–Trinajstić information content (AvgIpc) is 3.26. The van der Waals surface area contributed by atoms with E-state index < -0.39 is 12.8 Å². The van der Waals surface area contributed by atoms with E-state index in [4.69, 9.17) is 9.47 Å². The maximum atomic E-state index is 12.6. The Kier molecular flexibility index (Phi) is 9.83. The molecule has 1 unspecified atom stereocenters. The quantitative estimate of drug-likeness (QED) is 0.360. The number of nitrogens with zero attached hydrogens (tertiary/aromatic N) is 1. The van der Waals surface area contributed by atoms with E-state index in [9.17, 15) is 23.1 Å². The normalized spacial score (nSPS) is 13.9. The van der Waals surface area contributed by atoms with Gasteiger partial charge in [-0.25, -0.2) is 0 Å². The number of amides is 1. The number of rotatable bonds is 13. The minimum absolute atomic E-state index is 0.0516. The Bertz CT molecular complexity index is 1020. The SMILES string of the molecule is CNC(=O)c1cc(CC(C)NCCOc2ccccc2OCC(F)(F)F)cc2c1N(CCCO)CC2. The van der Waals surface area contributed by atoms with Crippen molar-refractivity contribution < 1.29 is 32.5 Å². The van der Waals surface area contributed by atoms with Gasteiger partial charge in [0.25, 0.3) is 5.91 Å². The maximum Gasteiger partial charge on any atom is 0.422 e. The summed E-state index contributed by atoms with van der Waals surface area (Å²) in [5, 5.41) is 15.3. The predicted octanol–water partition coefficient (Wildman–Crippen LogP) is 3.33. The fraction of sp³-hybridized carbons (Fsp3) is 0.500. The maximum absolute atomic E-state index is 12.6. The molecule has 0 bridgehead atoms. The summed E-state index contributed by atoms with van der Waals surface area (Å²) in [5.74, 6) is 0.177. The van der Waals surface area contributed by atoms with Crippen LogP contribution in [0.1, 0.15) is 34.8 Å². The van der Waals surface area contributed by atoms with Crippen LogP contribution in [-0.4, -0.2) is 69.7 Å². The van der Waals surface area contributed by atoms with Crippen LogP contribution in [0.5, 0.6) is 11.5 Å². The lowest BCUT2D eigenvalue weighted by Crippen LogP contribution is -2.32. The molecule has 1 aliphatic heterocycles. The second kappa shape index (κ2) is 12.8. The first-order valence-electron chi connectivity index (χ1n) is 12.1. The molecule has 36 heavy (non-hydrogen) atoms. The Hall–Kier alpha value is -2.98. The molecule has 0 saturated heterocycles. The summed E-state index contributed by atoms with van der Waals surface area (Å²) >= 11 is 0. The highest BCUT2D eigenvalue weighted by atomic mass is 19.4. The number of aliphatic hydroxyl groups is 1. The number of fused-ring (bicyclic) bond motifs is 1. The molecular weight excluding hydrogens is 475 g/mol. The van der Waals surface area contributed by atoms with Crippen LogP contribution < -0.4 is 25.0 Å². The zero-order chi connectivity index (χ0) is 26.1. The van der Waals surface area contributed by atoms with E-state index in [1.807, 2.05) is 13.0 Å². The number of anilines is 1. The number of halogens is 3. The lowest BCUT2D eigenvalue weighted by molar-refractivity contribution is -0.153. The second-order valence-corrected chi connectivity index (χ2v) is 8.80. The highest BCUT2D eigenvalue weighted by Crippen LogP contribution is 2.34. The third-order valence-corrected chi connectivity index (χ3v) is 5.91. The van der Waals surface area contributed by atoms with Crippen molar-refractivity contribution in [2.45, 2.75) is 38.4 Å². The zero-order valence-corrected chi connectivity index (χ0v) is 20.7. The molecule has 0 radical (unpaired) electrons. The van der Waals surface area contributed by atoms with Gasteiger partial charge in [0.1, 0.15) is 6.61 Å². The number of nitrogens with one attached hydrogen (secondary N) is 2. The molecule has 0 aromatic heterocycles. The van der Waals surface area contributed by atoms with Crippen LogP contribution in [0.15, 0.2) is 36.4 Å². The first-order chi connectivity index (χ1) is 17.2. The average molecular weight is 510 g/mol. The topological polar surface area (TPSA) is 83.1 Å². The van der Waals surface area contributed by atoms with Crippen LogP contribution in [0.4, 0.5) is 18.9 Å².